The molecule has 0 aliphatic heterocycles. The van der Waals surface area contributed by atoms with Gasteiger partial charge in [0.2, 0.25) is 0 Å². The molecule has 0 fully saturated rings. The number of methoxy groups -OCH3 is 1. The third-order valence-corrected chi connectivity index (χ3v) is 7.47. The Morgan fingerprint density at radius 2 is 1.53 bits per heavy atom. The molecule has 0 spiro atoms. The molecule has 0 saturated carbocycles. The predicted molar refractivity (Wildman–Crippen MR) is 149 cm³/mol. The minimum absolute atomic E-state index is 0.0172. The van der Waals surface area contributed by atoms with Crippen molar-refractivity contribution < 1.29 is 22.7 Å². The topological polar surface area (TPSA) is 84.9 Å². The van der Waals surface area contributed by atoms with Gasteiger partial charge in [-0.25, -0.2) is 8.42 Å². The summed E-state index contributed by atoms with van der Waals surface area (Å²) < 4.78 is 40.1. The maximum Gasteiger partial charge on any atom is 0.264 e. The van der Waals surface area contributed by atoms with Gasteiger partial charge in [0.05, 0.1) is 35.9 Å². The number of carbonyl (C=O) groups is 1. The molecule has 0 aliphatic rings. The molecule has 4 aromatic carbocycles. The van der Waals surface area contributed by atoms with Gasteiger partial charge in [0.25, 0.3) is 15.9 Å². The van der Waals surface area contributed by atoms with Crippen LogP contribution in [0.15, 0.2) is 108 Å². The fourth-order valence-corrected chi connectivity index (χ4v) is 5.40. The highest BCUT2D eigenvalue weighted by atomic mass is 32.2. The Kier molecular flexibility index (Phi) is 8.33. The fourth-order valence-electron chi connectivity index (χ4n) is 3.92. The molecule has 0 atom stereocenters. The number of ether oxygens (including phenoxy) is 2. The third kappa shape index (κ3) is 6.33. The van der Waals surface area contributed by atoms with Crippen molar-refractivity contribution in [2.45, 2.75) is 31.4 Å². The maximum atomic E-state index is 14.0. The number of sulfonamides is 1. The average molecular weight is 531 g/mol. The van der Waals surface area contributed by atoms with E-state index in [0.717, 1.165) is 5.56 Å². The summed E-state index contributed by atoms with van der Waals surface area (Å²) in [6, 6.07) is 29.2. The van der Waals surface area contributed by atoms with E-state index in [1.807, 2.05) is 50.2 Å². The molecule has 0 aromatic heterocycles. The third-order valence-electron chi connectivity index (χ3n) is 5.70. The number of rotatable bonds is 10. The number of nitrogens with zero attached hydrogens (tertiary/aromatic N) is 1. The van der Waals surface area contributed by atoms with Gasteiger partial charge in [-0.3, -0.25) is 9.10 Å². The summed E-state index contributed by atoms with van der Waals surface area (Å²) in [5, 5.41) is 2.88. The van der Waals surface area contributed by atoms with Gasteiger partial charge in [0, 0.05) is 11.8 Å². The van der Waals surface area contributed by atoms with Crippen LogP contribution in [-0.4, -0.2) is 27.5 Å². The van der Waals surface area contributed by atoms with Crippen molar-refractivity contribution >= 4 is 27.3 Å². The van der Waals surface area contributed by atoms with Crippen molar-refractivity contribution in [3.8, 4) is 11.5 Å². The molecule has 196 valence electrons. The van der Waals surface area contributed by atoms with E-state index in [9.17, 15) is 13.2 Å². The van der Waals surface area contributed by atoms with E-state index in [2.05, 4.69) is 5.32 Å². The first-order valence-electron chi connectivity index (χ1n) is 12.2. The number of hydrogen-bond donors (Lipinski definition) is 1. The molecule has 4 aromatic rings. The first kappa shape index (κ1) is 26.8. The molecule has 0 heterocycles. The monoisotopic (exact) mass is 530 g/mol. The SMILES string of the molecule is COc1ccc(S(=O)(=O)N(Cc2ccccc2)c2ccccc2C(=O)Nc2cccc(OC(C)C)c2)cc1. The highest BCUT2D eigenvalue weighted by Crippen LogP contribution is 2.31. The zero-order valence-corrected chi connectivity index (χ0v) is 22.3. The van der Waals surface area contributed by atoms with E-state index < -0.39 is 15.9 Å². The molecule has 38 heavy (non-hydrogen) atoms. The largest absolute Gasteiger partial charge is 0.497 e. The van der Waals surface area contributed by atoms with Crippen LogP contribution in [0.25, 0.3) is 0 Å². The van der Waals surface area contributed by atoms with E-state index in [1.165, 1.54) is 23.5 Å². The highest BCUT2D eigenvalue weighted by Gasteiger charge is 2.29. The second kappa shape index (κ2) is 11.8. The normalized spacial score (nSPS) is 11.2. The zero-order valence-electron chi connectivity index (χ0n) is 21.5. The summed E-state index contributed by atoms with van der Waals surface area (Å²) in [4.78, 5) is 13.6. The molecule has 1 N–H and O–H groups in total. The maximum absolute atomic E-state index is 14.0. The van der Waals surface area contributed by atoms with Crippen molar-refractivity contribution in [1.29, 1.82) is 0 Å². The molecule has 8 heteroatoms. The van der Waals surface area contributed by atoms with Crippen LogP contribution in [0.5, 0.6) is 11.5 Å². The van der Waals surface area contributed by atoms with Gasteiger partial charge < -0.3 is 14.8 Å². The lowest BCUT2D eigenvalue weighted by molar-refractivity contribution is 0.102. The first-order chi connectivity index (χ1) is 18.3. The van der Waals surface area contributed by atoms with Gasteiger partial charge in [-0.1, -0.05) is 48.5 Å². The van der Waals surface area contributed by atoms with Crippen LogP contribution in [0.1, 0.15) is 29.8 Å². The molecule has 0 bridgehead atoms. The number of amides is 1. The number of carbonyl (C=O) groups excluding carboxylic acids is 1. The molecule has 0 aliphatic carbocycles. The lowest BCUT2D eigenvalue weighted by atomic mass is 10.1. The Morgan fingerprint density at radius 3 is 2.21 bits per heavy atom. The number of benzene rings is 4. The van der Waals surface area contributed by atoms with E-state index in [0.29, 0.717) is 17.2 Å². The Labute approximate surface area is 223 Å². The molecule has 7 nitrogen and oxygen atoms in total. The Bertz CT molecular complexity index is 1490. The quantitative estimate of drug-likeness (QED) is 0.267. The number of nitrogens with one attached hydrogen (secondary N) is 1. The molecular weight excluding hydrogens is 500 g/mol. The molecule has 4 rings (SSSR count). The molecular formula is C30H30N2O5S. The summed E-state index contributed by atoms with van der Waals surface area (Å²) in [6.45, 7) is 3.88. The number of anilines is 2. The summed E-state index contributed by atoms with van der Waals surface area (Å²) in [5.74, 6) is 0.728. The van der Waals surface area contributed by atoms with Crippen LogP contribution in [0.4, 0.5) is 11.4 Å². The minimum atomic E-state index is -4.05. The van der Waals surface area contributed by atoms with Crippen molar-refractivity contribution in [2.24, 2.45) is 0 Å². The van der Waals surface area contributed by atoms with Crippen molar-refractivity contribution in [1.82, 2.24) is 0 Å². The van der Waals surface area contributed by atoms with Gasteiger partial charge in [0.1, 0.15) is 11.5 Å². The summed E-state index contributed by atoms with van der Waals surface area (Å²) >= 11 is 0. The summed E-state index contributed by atoms with van der Waals surface area (Å²) in [7, 11) is -2.53. The van der Waals surface area contributed by atoms with Crippen LogP contribution in [-0.2, 0) is 16.6 Å². The fraction of sp³-hybridized carbons (Fsp3) is 0.167. The van der Waals surface area contributed by atoms with Gasteiger partial charge in [-0.15, -0.1) is 0 Å². The van der Waals surface area contributed by atoms with Crippen LogP contribution in [0.2, 0.25) is 0 Å². The second-order valence-electron chi connectivity index (χ2n) is 8.84. The van der Waals surface area contributed by atoms with Gasteiger partial charge in [-0.2, -0.15) is 0 Å². The average Bonchev–Trinajstić information content (AvgIpc) is 2.92. The number of para-hydroxylation sites is 1. The van der Waals surface area contributed by atoms with Gasteiger partial charge >= 0.3 is 0 Å². The van der Waals surface area contributed by atoms with Crippen LogP contribution in [0.3, 0.4) is 0 Å². The predicted octanol–water partition coefficient (Wildman–Crippen LogP) is 6.13. The van der Waals surface area contributed by atoms with Gasteiger partial charge in [-0.05, 0) is 67.9 Å². The van der Waals surface area contributed by atoms with E-state index in [-0.39, 0.29) is 28.8 Å². The van der Waals surface area contributed by atoms with Crippen molar-refractivity contribution in [3.05, 3.63) is 114 Å². The highest BCUT2D eigenvalue weighted by molar-refractivity contribution is 7.92. The Hall–Kier alpha value is -4.30. The number of hydrogen-bond acceptors (Lipinski definition) is 5. The minimum Gasteiger partial charge on any atom is -0.497 e. The first-order valence-corrected chi connectivity index (χ1v) is 13.6. The van der Waals surface area contributed by atoms with E-state index in [1.54, 1.807) is 54.6 Å². The second-order valence-corrected chi connectivity index (χ2v) is 10.7. The Balaban J connectivity index is 1.74. The standard InChI is InChI=1S/C30H30N2O5S/c1-22(2)37-26-13-9-12-24(20-26)31-30(33)28-14-7-8-15-29(28)32(21-23-10-5-4-6-11-23)38(34,35)27-18-16-25(36-3)17-19-27/h4-20,22H,21H2,1-3H3,(H,31,33). The van der Waals surface area contributed by atoms with Crippen molar-refractivity contribution in [2.75, 3.05) is 16.7 Å². The molecule has 0 unspecified atom stereocenters. The molecule has 0 radical (unpaired) electrons. The lowest BCUT2D eigenvalue weighted by Gasteiger charge is -2.27. The summed E-state index contributed by atoms with van der Waals surface area (Å²) in [5.41, 5.74) is 1.80. The molecule has 0 saturated heterocycles. The molecule has 1 amide bonds. The Morgan fingerprint density at radius 1 is 0.842 bits per heavy atom. The van der Waals surface area contributed by atoms with E-state index >= 15 is 0 Å². The van der Waals surface area contributed by atoms with Crippen LogP contribution in [0, 0.1) is 0 Å². The van der Waals surface area contributed by atoms with Gasteiger partial charge in [0.15, 0.2) is 0 Å². The van der Waals surface area contributed by atoms with Crippen LogP contribution >= 0.6 is 0 Å². The summed E-state index contributed by atoms with van der Waals surface area (Å²) in [6.07, 6.45) is -0.0172. The smallest absolute Gasteiger partial charge is 0.264 e. The lowest BCUT2D eigenvalue weighted by Crippen LogP contribution is -2.32. The van der Waals surface area contributed by atoms with Crippen LogP contribution < -0.4 is 19.1 Å². The zero-order chi connectivity index (χ0) is 27.1. The van der Waals surface area contributed by atoms with E-state index in [4.69, 9.17) is 9.47 Å². The van der Waals surface area contributed by atoms with Crippen molar-refractivity contribution in [3.63, 3.8) is 0 Å².